The number of carbonyl (C=O) groups is 1. The van der Waals surface area contributed by atoms with Gasteiger partial charge in [0.2, 0.25) is 0 Å². The summed E-state index contributed by atoms with van der Waals surface area (Å²) in [5.74, 6) is 0.692. The van der Waals surface area contributed by atoms with Gasteiger partial charge < -0.3 is 5.32 Å². The zero-order valence-corrected chi connectivity index (χ0v) is 13.8. The highest BCUT2D eigenvalue weighted by molar-refractivity contribution is 5.92. The molecule has 0 aliphatic heterocycles. The van der Waals surface area contributed by atoms with Crippen LogP contribution in [0.25, 0.3) is 0 Å². The van der Waals surface area contributed by atoms with Gasteiger partial charge in [-0.2, -0.15) is 5.10 Å². The maximum atomic E-state index is 12.3. The molecule has 0 aliphatic rings. The molecule has 0 aliphatic carbocycles. The Bertz CT molecular complexity index is 662. The molecule has 1 atom stereocenters. The third-order valence-corrected chi connectivity index (χ3v) is 3.35. The van der Waals surface area contributed by atoms with Gasteiger partial charge in [-0.05, 0) is 32.9 Å². The van der Waals surface area contributed by atoms with E-state index < -0.39 is 0 Å². The van der Waals surface area contributed by atoms with E-state index in [1.807, 2.05) is 45.4 Å². The maximum Gasteiger partial charge on any atom is 0.270 e. The number of aromatic nitrogens is 4. The number of hydrogen-bond donors (Lipinski definition) is 1. The second-order valence-electron chi connectivity index (χ2n) is 5.94. The Morgan fingerprint density at radius 1 is 1.32 bits per heavy atom. The highest BCUT2D eigenvalue weighted by Crippen LogP contribution is 2.08. The van der Waals surface area contributed by atoms with Gasteiger partial charge in [0.15, 0.2) is 0 Å². The Morgan fingerprint density at radius 3 is 2.64 bits per heavy atom. The summed E-state index contributed by atoms with van der Waals surface area (Å²) in [5, 5.41) is 7.36. The monoisotopic (exact) mass is 301 g/mol. The average molecular weight is 301 g/mol. The van der Waals surface area contributed by atoms with E-state index in [0.717, 1.165) is 11.4 Å². The van der Waals surface area contributed by atoms with Crippen LogP contribution in [0.5, 0.6) is 0 Å². The number of amides is 1. The average Bonchev–Trinajstić information content (AvgIpc) is 2.76. The summed E-state index contributed by atoms with van der Waals surface area (Å²) in [5.41, 5.74) is 2.47. The van der Waals surface area contributed by atoms with Gasteiger partial charge in [-0.15, -0.1) is 0 Å². The van der Waals surface area contributed by atoms with Crippen LogP contribution in [0.4, 0.5) is 0 Å². The summed E-state index contributed by atoms with van der Waals surface area (Å²) >= 11 is 0. The quantitative estimate of drug-likeness (QED) is 0.919. The Kier molecular flexibility index (Phi) is 4.90. The molecule has 1 amide bonds. The molecule has 2 rings (SSSR count). The van der Waals surface area contributed by atoms with Crippen LogP contribution < -0.4 is 5.32 Å². The van der Waals surface area contributed by atoms with Crippen LogP contribution in [-0.2, 0) is 6.54 Å². The molecule has 118 valence electrons. The molecule has 0 saturated carbocycles. The van der Waals surface area contributed by atoms with Gasteiger partial charge in [0.1, 0.15) is 11.5 Å². The van der Waals surface area contributed by atoms with Crippen LogP contribution in [0.1, 0.15) is 54.4 Å². The van der Waals surface area contributed by atoms with E-state index in [9.17, 15) is 4.79 Å². The van der Waals surface area contributed by atoms with Crippen molar-refractivity contribution < 1.29 is 4.79 Å². The summed E-state index contributed by atoms with van der Waals surface area (Å²) in [6, 6.07) is 3.62. The molecule has 0 spiro atoms. The van der Waals surface area contributed by atoms with Crippen LogP contribution >= 0.6 is 0 Å². The van der Waals surface area contributed by atoms with E-state index in [1.165, 1.54) is 0 Å². The number of nitrogens with one attached hydrogen (secondary N) is 1. The van der Waals surface area contributed by atoms with Gasteiger partial charge in [0.05, 0.1) is 12.2 Å². The van der Waals surface area contributed by atoms with E-state index in [-0.39, 0.29) is 17.9 Å². The maximum absolute atomic E-state index is 12.3. The van der Waals surface area contributed by atoms with E-state index >= 15 is 0 Å². The van der Waals surface area contributed by atoms with Gasteiger partial charge in [-0.3, -0.25) is 9.48 Å². The number of aryl methyl sites for hydroxylation is 2. The minimum atomic E-state index is -0.182. The molecule has 2 heterocycles. The first-order chi connectivity index (χ1) is 10.4. The molecule has 2 aromatic rings. The zero-order chi connectivity index (χ0) is 16.3. The highest BCUT2D eigenvalue weighted by atomic mass is 16.1. The molecule has 6 heteroatoms. The Labute approximate surface area is 131 Å². The molecule has 0 radical (unpaired) electrons. The lowest BCUT2D eigenvalue weighted by molar-refractivity contribution is 0.0930. The first-order valence-electron chi connectivity index (χ1n) is 7.51. The van der Waals surface area contributed by atoms with Crippen molar-refractivity contribution in [3.8, 4) is 0 Å². The zero-order valence-electron chi connectivity index (χ0n) is 13.8. The first-order valence-corrected chi connectivity index (χ1v) is 7.51. The lowest BCUT2D eigenvalue weighted by Crippen LogP contribution is -2.36. The summed E-state index contributed by atoms with van der Waals surface area (Å²) < 4.78 is 1.90. The van der Waals surface area contributed by atoms with E-state index in [0.29, 0.717) is 18.1 Å². The lowest BCUT2D eigenvalue weighted by Gasteiger charge is -2.15. The van der Waals surface area contributed by atoms with Crippen molar-refractivity contribution in [2.75, 3.05) is 0 Å². The second-order valence-corrected chi connectivity index (χ2v) is 5.94. The van der Waals surface area contributed by atoms with Crippen LogP contribution in [0.15, 0.2) is 18.3 Å². The molecular formula is C16H23N5O. The first kappa shape index (κ1) is 16.1. The van der Waals surface area contributed by atoms with Crippen LogP contribution in [0.2, 0.25) is 0 Å². The van der Waals surface area contributed by atoms with Crippen LogP contribution in [0, 0.1) is 13.8 Å². The standard InChI is InChI=1S/C16H23N5O/c1-10(2)15-17-7-6-14(19-15)16(22)18-12(4)9-21-13(5)8-11(3)20-21/h6-8,10,12H,9H2,1-5H3,(H,18,22). The highest BCUT2D eigenvalue weighted by Gasteiger charge is 2.14. The van der Waals surface area contributed by atoms with Gasteiger partial charge in [0, 0.05) is 23.9 Å². The fourth-order valence-electron chi connectivity index (χ4n) is 2.24. The minimum absolute atomic E-state index is 0.0389. The van der Waals surface area contributed by atoms with Gasteiger partial charge in [0.25, 0.3) is 5.91 Å². The fourth-order valence-corrected chi connectivity index (χ4v) is 2.24. The van der Waals surface area contributed by atoms with Gasteiger partial charge in [-0.1, -0.05) is 13.8 Å². The topological polar surface area (TPSA) is 72.7 Å². The Morgan fingerprint density at radius 2 is 2.05 bits per heavy atom. The number of carbonyl (C=O) groups excluding carboxylic acids is 1. The molecule has 6 nitrogen and oxygen atoms in total. The third-order valence-electron chi connectivity index (χ3n) is 3.35. The molecule has 0 saturated heterocycles. The molecule has 1 unspecified atom stereocenters. The summed E-state index contributed by atoms with van der Waals surface area (Å²) in [6.45, 7) is 10.6. The minimum Gasteiger partial charge on any atom is -0.346 e. The normalized spacial score (nSPS) is 12.5. The van der Waals surface area contributed by atoms with Gasteiger partial charge >= 0.3 is 0 Å². The number of nitrogens with zero attached hydrogens (tertiary/aromatic N) is 4. The molecule has 1 N–H and O–H groups in total. The smallest absolute Gasteiger partial charge is 0.270 e. The lowest BCUT2D eigenvalue weighted by atomic mass is 10.2. The summed E-state index contributed by atoms with van der Waals surface area (Å²) in [4.78, 5) is 20.8. The molecule has 0 aromatic carbocycles. The number of rotatable bonds is 5. The largest absolute Gasteiger partial charge is 0.346 e. The van der Waals surface area contributed by atoms with Crippen molar-refractivity contribution in [1.82, 2.24) is 25.1 Å². The van der Waals surface area contributed by atoms with Crippen molar-refractivity contribution in [1.29, 1.82) is 0 Å². The molecule has 0 bridgehead atoms. The predicted molar refractivity (Wildman–Crippen MR) is 84.8 cm³/mol. The number of hydrogen-bond acceptors (Lipinski definition) is 4. The SMILES string of the molecule is Cc1cc(C)n(CC(C)NC(=O)c2ccnc(C(C)C)n2)n1. The molecule has 22 heavy (non-hydrogen) atoms. The van der Waals surface area contributed by atoms with E-state index in [2.05, 4.69) is 20.4 Å². The van der Waals surface area contributed by atoms with E-state index in [4.69, 9.17) is 0 Å². The third kappa shape index (κ3) is 3.90. The van der Waals surface area contributed by atoms with Crippen molar-refractivity contribution in [2.45, 2.75) is 53.1 Å². The Hall–Kier alpha value is -2.24. The summed E-state index contributed by atoms with van der Waals surface area (Å²) in [7, 11) is 0. The van der Waals surface area contributed by atoms with Crippen molar-refractivity contribution in [3.63, 3.8) is 0 Å². The predicted octanol–water partition coefficient (Wildman–Crippen LogP) is 2.23. The second kappa shape index (κ2) is 6.68. The van der Waals surface area contributed by atoms with E-state index in [1.54, 1.807) is 12.3 Å². The summed E-state index contributed by atoms with van der Waals surface area (Å²) in [6.07, 6.45) is 1.63. The van der Waals surface area contributed by atoms with Crippen molar-refractivity contribution >= 4 is 5.91 Å². The van der Waals surface area contributed by atoms with Crippen molar-refractivity contribution in [2.24, 2.45) is 0 Å². The van der Waals surface area contributed by atoms with Gasteiger partial charge in [-0.25, -0.2) is 9.97 Å². The van der Waals surface area contributed by atoms with Crippen LogP contribution in [0.3, 0.4) is 0 Å². The fraction of sp³-hybridized carbons (Fsp3) is 0.500. The Balaban J connectivity index is 2.02. The molecular weight excluding hydrogens is 278 g/mol. The molecule has 2 aromatic heterocycles. The van der Waals surface area contributed by atoms with Crippen molar-refractivity contribution in [3.05, 3.63) is 41.2 Å². The van der Waals surface area contributed by atoms with Crippen LogP contribution in [-0.4, -0.2) is 31.7 Å². The molecule has 0 fully saturated rings.